The van der Waals surface area contributed by atoms with Crippen LogP contribution < -0.4 is 0 Å². The largest absolute Gasteiger partial charge is 0.384 e. The van der Waals surface area contributed by atoms with Gasteiger partial charge in [-0.1, -0.05) is 0 Å². The van der Waals surface area contributed by atoms with Crippen LogP contribution in [0.4, 0.5) is 0 Å². The van der Waals surface area contributed by atoms with Crippen molar-refractivity contribution in [2.24, 2.45) is 0 Å². The number of rotatable bonds is 6. The van der Waals surface area contributed by atoms with Crippen molar-refractivity contribution < 1.29 is 14.2 Å². The summed E-state index contributed by atoms with van der Waals surface area (Å²) in [7, 11) is 4.97. The lowest BCUT2D eigenvalue weighted by molar-refractivity contribution is 0.113. The molecule has 61 valence electrons. The first-order chi connectivity index (χ1) is 4.85. The van der Waals surface area contributed by atoms with Crippen molar-refractivity contribution in [3.05, 3.63) is 5.92 Å². The highest BCUT2D eigenvalue weighted by atomic mass is 16.5. The molecule has 0 aromatic carbocycles. The molecule has 0 aromatic heterocycles. The highest BCUT2D eigenvalue weighted by Gasteiger charge is 2.07. The van der Waals surface area contributed by atoms with Crippen molar-refractivity contribution >= 4 is 0 Å². The molecular weight excluding hydrogens is 132 g/mol. The second-order valence-corrected chi connectivity index (χ2v) is 2.05. The normalized spacial score (nSPS) is 10.8. The van der Waals surface area contributed by atoms with E-state index in [-0.39, 0.29) is 0 Å². The van der Waals surface area contributed by atoms with E-state index in [0.717, 1.165) is 5.92 Å². The predicted octanol–water partition coefficient (Wildman–Crippen LogP) is 0.500. The monoisotopic (exact) mass is 147 g/mol. The van der Waals surface area contributed by atoms with Crippen LogP contribution in [0.1, 0.15) is 0 Å². The standard InChI is InChI=1S/C7H15O3/c1-8-4-7(5-9-2)6-10-3/h4-6H2,1-3H3. The lowest BCUT2D eigenvalue weighted by Gasteiger charge is -2.11. The molecule has 0 saturated carbocycles. The van der Waals surface area contributed by atoms with Crippen molar-refractivity contribution in [1.29, 1.82) is 0 Å². The van der Waals surface area contributed by atoms with Crippen molar-refractivity contribution in [2.75, 3.05) is 41.2 Å². The Morgan fingerprint density at radius 1 is 0.800 bits per heavy atom. The molecule has 10 heavy (non-hydrogen) atoms. The van der Waals surface area contributed by atoms with Crippen LogP contribution in [-0.4, -0.2) is 41.2 Å². The zero-order chi connectivity index (χ0) is 7.82. The van der Waals surface area contributed by atoms with Gasteiger partial charge in [0, 0.05) is 21.3 Å². The van der Waals surface area contributed by atoms with E-state index in [9.17, 15) is 0 Å². The molecule has 0 aliphatic heterocycles. The second kappa shape index (κ2) is 6.99. The van der Waals surface area contributed by atoms with Gasteiger partial charge in [-0.3, -0.25) is 0 Å². The Morgan fingerprint density at radius 3 is 1.30 bits per heavy atom. The van der Waals surface area contributed by atoms with Gasteiger partial charge in [-0.05, 0) is 0 Å². The maximum atomic E-state index is 4.91. The van der Waals surface area contributed by atoms with Crippen molar-refractivity contribution in [2.45, 2.75) is 0 Å². The van der Waals surface area contributed by atoms with Crippen LogP contribution in [0.15, 0.2) is 0 Å². The van der Waals surface area contributed by atoms with Gasteiger partial charge in [-0.2, -0.15) is 0 Å². The van der Waals surface area contributed by atoms with E-state index in [2.05, 4.69) is 0 Å². The first-order valence-corrected chi connectivity index (χ1v) is 3.15. The summed E-state index contributed by atoms with van der Waals surface area (Å²) >= 11 is 0. The predicted molar refractivity (Wildman–Crippen MR) is 38.9 cm³/mol. The number of hydrogen-bond acceptors (Lipinski definition) is 3. The summed E-state index contributed by atoms with van der Waals surface area (Å²) in [4.78, 5) is 0. The summed E-state index contributed by atoms with van der Waals surface area (Å²) in [6.45, 7) is 1.84. The number of methoxy groups -OCH3 is 3. The minimum Gasteiger partial charge on any atom is -0.384 e. The second-order valence-electron chi connectivity index (χ2n) is 2.05. The minimum absolute atomic E-state index is 0.613. The molecule has 0 heterocycles. The maximum Gasteiger partial charge on any atom is 0.0571 e. The average molecular weight is 147 g/mol. The summed E-state index contributed by atoms with van der Waals surface area (Å²) in [6, 6.07) is 0. The van der Waals surface area contributed by atoms with E-state index in [0.29, 0.717) is 19.8 Å². The van der Waals surface area contributed by atoms with Gasteiger partial charge >= 0.3 is 0 Å². The SMILES string of the molecule is COC[C](COC)COC. The van der Waals surface area contributed by atoms with Gasteiger partial charge in [0.2, 0.25) is 0 Å². The molecule has 0 saturated heterocycles. The molecular formula is C7H15O3. The summed E-state index contributed by atoms with van der Waals surface area (Å²) in [6.07, 6.45) is 0. The van der Waals surface area contributed by atoms with Gasteiger partial charge in [-0.15, -0.1) is 0 Å². The summed E-state index contributed by atoms with van der Waals surface area (Å²) in [5.74, 6) is 1.12. The van der Waals surface area contributed by atoms with E-state index in [1.807, 2.05) is 0 Å². The van der Waals surface area contributed by atoms with Gasteiger partial charge < -0.3 is 14.2 Å². The maximum absolute atomic E-state index is 4.91. The Balaban J connectivity index is 3.30. The molecule has 0 bridgehead atoms. The van der Waals surface area contributed by atoms with E-state index < -0.39 is 0 Å². The van der Waals surface area contributed by atoms with Gasteiger partial charge in [0.15, 0.2) is 0 Å². The Kier molecular flexibility index (Phi) is 6.91. The van der Waals surface area contributed by atoms with Crippen molar-refractivity contribution in [1.82, 2.24) is 0 Å². The fraction of sp³-hybridized carbons (Fsp3) is 0.857. The van der Waals surface area contributed by atoms with Crippen LogP contribution in [0.3, 0.4) is 0 Å². The quantitative estimate of drug-likeness (QED) is 0.547. The highest BCUT2D eigenvalue weighted by Crippen LogP contribution is 2.00. The third kappa shape index (κ3) is 4.73. The highest BCUT2D eigenvalue weighted by molar-refractivity contribution is 4.89. The van der Waals surface area contributed by atoms with Crippen LogP contribution in [0.5, 0.6) is 0 Å². The molecule has 0 aliphatic carbocycles. The van der Waals surface area contributed by atoms with E-state index >= 15 is 0 Å². The molecule has 0 spiro atoms. The molecule has 0 aliphatic rings. The average Bonchev–Trinajstić information content (AvgIpc) is 1.90. The van der Waals surface area contributed by atoms with Crippen molar-refractivity contribution in [3.8, 4) is 0 Å². The van der Waals surface area contributed by atoms with Crippen molar-refractivity contribution in [3.63, 3.8) is 0 Å². The number of hydrogen-bond donors (Lipinski definition) is 0. The topological polar surface area (TPSA) is 27.7 Å². The Morgan fingerprint density at radius 2 is 1.10 bits per heavy atom. The van der Waals surface area contributed by atoms with Gasteiger partial charge in [0.25, 0.3) is 0 Å². The lowest BCUT2D eigenvalue weighted by atomic mass is 10.2. The minimum atomic E-state index is 0.613. The van der Waals surface area contributed by atoms with Gasteiger partial charge in [0.1, 0.15) is 0 Å². The zero-order valence-electron chi connectivity index (χ0n) is 6.85. The van der Waals surface area contributed by atoms with Crippen LogP contribution in [0.2, 0.25) is 0 Å². The first kappa shape index (κ1) is 9.88. The van der Waals surface area contributed by atoms with Crippen LogP contribution in [0.25, 0.3) is 0 Å². The van der Waals surface area contributed by atoms with E-state index in [1.165, 1.54) is 0 Å². The van der Waals surface area contributed by atoms with Crippen LogP contribution in [0, 0.1) is 5.92 Å². The van der Waals surface area contributed by atoms with Gasteiger partial charge in [0.05, 0.1) is 25.7 Å². The van der Waals surface area contributed by atoms with E-state index in [1.54, 1.807) is 21.3 Å². The third-order valence-corrected chi connectivity index (χ3v) is 1.05. The molecule has 0 atom stereocenters. The smallest absolute Gasteiger partial charge is 0.0571 e. The van der Waals surface area contributed by atoms with Gasteiger partial charge in [-0.25, -0.2) is 0 Å². The molecule has 0 amide bonds. The Labute approximate surface area is 62.3 Å². The molecule has 0 aromatic rings. The molecule has 0 fully saturated rings. The zero-order valence-corrected chi connectivity index (χ0v) is 6.85. The first-order valence-electron chi connectivity index (χ1n) is 3.15. The molecule has 3 heteroatoms. The van der Waals surface area contributed by atoms with E-state index in [4.69, 9.17) is 14.2 Å². The fourth-order valence-electron chi connectivity index (χ4n) is 0.737. The fourth-order valence-corrected chi connectivity index (χ4v) is 0.737. The molecule has 3 nitrogen and oxygen atoms in total. The Bertz CT molecular complexity index is 51.6. The molecule has 1 radical (unpaired) electrons. The number of ether oxygens (including phenoxy) is 3. The lowest BCUT2D eigenvalue weighted by Crippen LogP contribution is -2.17. The summed E-state index contributed by atoms with van der Waals surface area (Å²) in [5, 5.41) is 0. The summed E-state index contributed by atoms with van der Waals surface area (Å²) in [5.41, 5.74) is 0. The molecule has 0 unspecified atom stereocenters. The summed E-state index contributed by atoms with van der Waals surface area (Å²) < 4.78 is 14.7. The van der Waals surface area contributed by atoms with Crippen LogP contribution in [-0.2, 0) is 14.2 Å². The third-order valence-electron chi connectivity index (χ3n) is 1.05. The Hall–Kier alpha value is -0.120. The molecule has 0 rings (SSSR count). The van der Waals surface area contributed by atoms with Crippen LogP contribution >= 0.6 is 0 Å². The molecule has 0 N–H and O–H groups in total.